The Hall–Kier alpha value is -4.64. The summed E-state index contributed by atoms with van der Waals surface area (Å²) in [5.41, 5.74) is 1.07. The number of hydrogen-bond donors (Lipinski definition) is 2. The molecule has 0 bridgehead atoms. The second-order valence-corrected chi connectivity index (χ2v) is 8.68. The molecule has 0 saturated heterocycles. The molecular formula is C34H28O4. The fourth-order valence-corrected chi connectivity index (χ4v) is 4.13. The number of aliphatic hydroxyl groups is 2. The van der Waals surface area contributed by atoms with Crippen LogP contribution in [-0.2, 0) is 5.60 Å². The fourth-order valence-electron chi connectivity index (χ4n) is 4.13. The minimum absolute atomic E-state index is 0.271. The lowest BCUT2D eigenvalue weighted by molar-refractivity contribution is 0.0488. The maximum Gasteiger partial charge on any atom is 0.203 e. The van der Waals surface area contributed by atoms with Crippen molar-refractivity contribution in [3.8, 4) is 0 Å². The van der Waals surface area contributed by atoms with Crippen molar-refractivity contribution in [1.82, 2.24) is 0 Å². The van der Waals surface area contributed by atoms with Crippen LogP contribution in [0, 0.1) is 0 Å². The highest BCUT2D eigenvalue weighted by Gasteiger charge is 2.40. The van der Waals surface area contributed by atoms with Crippen LogP contribution in [0.4, 0.5) is 0 Å². The standard InChI is InChI=1S/C20H16O2.C14H12O2/c21-19(16-10-4-1-5-11-16)20(22,17-12-6-2-7-13-17)18-14-8-3-9-15-18;15-13(11-7-3-1-4-8-11)14(16)12-9-5-2-6-10-12/h1-15,22H;1-10,13,15H. The maximum absolute atomic E-state index is 13.0. The van der Waals surface area contributed by atoms with E-state index in [1.54, 1.807) is 97.1 Å². The molecule has 5 aromatic carbocycles. The van der Waals surface area contributed by atoms with Crippen LogP contribution >= 0.6 is 0 Å². The van der Waals surface area contributed by atoms with E-state index in [4.69, 9.17) is 0 Å². The zero-order valence-corrected chi connectivity index (χ0v) is 20.7. The van der Waals surface area contributed by atoms with E-state index in [1.165, 1.54) is 0 Å². The molecule has 0 aliphatic heterocycles. The largest absolute Gasteiger partial charge is 0.380 e. The molecule has 0 heterocycles. The monoisotopic (exact) mass is 500 g/mol. The molecule has 1 unspecified atom stereocenters. The van der Waals surface area contributed by atoms with Gasteiger partial charge in [0.2, 0.25) is 5.78 Å². The Bertz CT molecular complexity index is 1400. The highest BCUT2D eigenvalue weighted by atomic mass is 16.3. The van der Waals surface area contributed by atoms with Crippen molar-refractivity contribution in [2.45, 2.75) is 11.7 Å². The Balaban J connectivity index is 0.000000186. The molecule has 0 fully saturated rings. The molecule has 5 aromatic rings. The molecule has 0 amide bonds. The summed E-state index contributed by atoms with van der Waals surface area (Å²) in [5, 5.41) is 21.2. The van der Waals surface area contributed by atoms with Gasteiger partial charge in [-0.1, -0.05) is 152 Å². The number of carbonyl (C=O) groups excluding carboxylic acids is 2. The van der Waals surface area contributed by atoms with Gasteiger partial charge in [0.25, 0.3) is 0 Å². The number of ketones is 2. The van der Waals surface area contributed by atoms with Gasteiger partial charge in [0, 0.05) is 11.1 Å². The average molecular weight is 501 g/mol. The van der Waals surface area contributed by atoms with E-state index in [0.717, 1.165) is 0 Å². The zero-order chi connectivity index (χ0) is 26.8. The van der Waals surface area contributed by atoms with Gasteiger partial charge in [-0.25, -0.2) is 0 Å². The van der Waals surface area contributed by atoms with Gasteiger partial charge in [0.15, 0.2) is 11.4 Å². The molecule has 2 N–H and O–H groups in total. The summed E-state index contributed by atoms with van der Waals surface area (Å²) < 4.78 is 0. The van der Waals surface area contributed by atoms with Gasteiger partial charge in [-0.15, -0.1) is 0 Å². The minimum atomic E-state index is -1.69. The van der Waals surface area contributed by atoms with E-state index in [0.29, 0.717) is 27.8 Å². The summed E-state index contributed by atoms with van der Waals surface area (Å²) in [6.07, 6.45) is -1.08. The minimum Gasteiger partial charge on any atom is -0.380 e. The second-order valence-electron chi connectivity index (χ2n) is 8.68. The van der Waals surface area contributed by atoms with E-state index >= 15 is 0 Å². The van der Waals surface area contributed by atoms with Crippen LogP contribution in [0.15, 0.2) is 152 Å². The van der Waals surface area contributed by atoms with Crippen LogP contribution in [0.25, 0.3) is 0 Å². The van der Waals surface area contributed by atoms with Gasteiger partial charge in [-0.2, -0.15) is 0 Å². The van der Waals surface area contributed by atoms with Crippen molar-refractivity contribution in [3.63, 3.8) is 0 Å². The smallest absolute Gasteiger partial charge is 0.203 e. The highest BCUT2D eigenvalue weighted by Crippen LogP contribution is 2.33. The molecule has 4 nitrogen and oxygen atoms in total. The number of aliphatic hydroxyl groups excluding tert-OH is 1. The normalized spacial score (nSPS) is 11.5. The molecule has 38 heavy (non-hydrogen) atoms. The number of hydrogen-bond acceptors (Lipinski definition) is 4. The van der Waals surface area contributed by atoms with Crippen molar-refractivity contribution >= 4 is 11.6 Å². The number of Topliss-reactive ketones (excluding diaryl/α,β-unsaturated/α-hetero) is 2. The molecule has 0 saturated carbocycles. The Morgan fingerprint density at radius 1 is 0.500 bits per heavy atom. The average Bonchev–Trinajstić information content (AvgIpc) is 3.02. The van der Waals surface area contributed by atoms with E-state index in [1.807, 2.05) is 54.6 Å². The molecule has 0 aliphatic rings. The lowest BCUT2D eigenvalue weighted by atomic mass is 9.80. The van der Waals surface area contributed by atoms with Crippen LogP contribution in [-0.4, -0.2) is 21.8 Å². The van der Waals surface area contributed by atoms with E-state index < -0.39 is 11.7 Å². The Labute approximate surface area is 222 Å². The summed E-state index contributed by atoms with van der Waals surface area (Å²) >= 11 is 0. The lowest BCUT2D eigenvalue weighted by Crippen LogP contribution is -2.37. The summed E-state index contributed by atoms with van der Waals surface area (Å²) in [7, 11) is 0. The predicted molar refractivity (Wildman–Crippen MR) is 149 cm³/mol. The molecule has 0 aromatic heterocycles. The van der Waals surface area contributed by atoms with Crippen LogP contribution < -0.4 is 0 Å². The maximum atomic E-state index is 13.0. The molecular weight excluding hydrogens is 472 g/mol. The third kappa shape index (κ3) is 6.01. The van der Waals surface area contributed by atoms with E-state index in [-0.39, 0.29) is 11.6 Å². The number of carbonyl (C=O) groups is 2. The summed E-state index contributed by atoms with van der Waals surface area (Å²) in [6.45, 7) is 0. The molecule has 0 aliphatic carbocycles. The topological polar surface area (TPSA) is 74.6 Å². The molecule has 4 heteroatoms. The van der Waals surface area contributed by atoms with Gasteiger partial charge in [0.1, 0.15) is 6.10 Å². The van der Waals surface area contributed by atoms with Crippen molar-refractivity contribution in [1.29, 1.82) is 0 Å². The second kappa shape index (κ2) is 12.5. The van der Waals surface area contributed by atoms with Crippen LogP contribution in [0.1, 0.15) is 43.5 Å². The Kier molecular flexibility index (Phi) is 8.73. The van der Waals surface area contributed by atoms with E-state index in [2.05, 4.69) is 0 Å². The quantitative estimate of drug-likeness (QED) is 0.253. The van der Waals surface area contributed by atoms with Crippen molar-refractivity contribution in [3.05, 3.63) is 179 Å². The highest BCUT2D eigenvalue weighted by molar-refractivity contribution is 6.05. The number of rotatable bonds is 7. The lowest BCUT2D eigenvalue weighted by Gasteiger charge is -2.28. The third-order valence-corrected chi connectivity index (χ3v) is 6.17. The SMILES string of the molecule is O=C(c1ccccc1)C(O)(c1ccccc1)c1ccccc1.O=C(c1ccccc1)C(O)c1ccccc1. The first-order valence-electron chi connectivity index (χ1n) is 12.3. The van der Waals surface area contributed by atoms with Crippen molar-refractivity contribution in [2.75, 3.05) is 0 Å². The predicted octanol–water partition coefficient (Wildman–Crippen LogP) is 6.41. The first-order valence-corrected chi connectivity index (χ1v) is 12.3. The number of benzene rings is 5. The van der Waals surface area contributed by atoms with Gasteiger partial charge in [0.05, 0.1) is 0 Å². The summed E-state index contributed by atoms with van der Waals surface area (Å²) in [5.74, 6) is -0.600. The molecule has 0 spiro atoms. The Morgan fingerprint density at radius 3 is 1.26 bits per heavy atom. The van der Waals surface area contributed by atoms with Gasteiger partial charge >= 0.3 is 0 Å². The van der Waals surface area contributed by atoms with Gasteiger partial charge < -0.3 is 10.2 Å². The van der Waals surface area contributed by atoms with Crippen LogP contribution in [0.5, 0.6) is 0 Å². The van der Waals surface area contributed by atoms with Crippen LogP contribution in [0.3, 0.4) is 0 Å². The van der Waals surface area contributed by atoms with Crippen molar-refractivity contribution < 1.29 is 19.8 Å². The van der Waals surface area contributed by atoms with Crippen LogP contribution in [0.2, 0.25) is 0 Å². The molecule has 1 atom stereocenters. The molecule has 5 rings (SSSR count). The first-order chi connectivity index (χ1) is 18.5. The summed E-state index contributed by atoms with van der Waals surface area (Å²) in [6, 6.07) is 44.7. The Morgan fingerprint density at radius 2 is 0.842 bits per heavy atom. The summed E-state index contributed by atoms with van der Waals surface area (Å²) in [4.78, 5) is 24.9. The molecule has 0 radical (unpaired) electrons. The zero-order valence-electron chi connectivity index (χ0n) is 20.7. The first kappa shape index (κ1) is 26.4. The van der Waals surface area contributed by atoms with Gasteiger partial charge in [-0.3, -0.25) is 9.59 Å². The third-order valence-electron chi connectivity index (χ3n) is 6.17. The van der Waals surface area contributed by atoms with Gasteiger partial charge in [-0.05, 0) is 16.7 Å². The molecule has 188 valence electrons. The van der Waals surface area contributed by atoms with Crippen molar-refractivity contribution in [2.24, 2.45) is 0 Å². The van der Waals surface area contributed by atoms with E-state index in [9.17, 15) is 19.8 Å². The fraction of sp³-hybridized carbons (Fsp3) is 0.0588.